The first-order valence-electron chi connectivity index (χ1n) is 10.1. The highest BCUT2D eigenvalue weighted by atomic mass is 16.4. The zero-order valence-electron chi connectivity index (χ0n) is 18.4. The fourth-order valence-corrected chi connectivity index (χ4v) is 4.01. The van der Waals surface area contributed by atoms with Crippen molar-refractivity contribution in [2.45, 2.75) is 31.8 Å². The van der Waals surface area contributed by atoms with Gasteiger partial charge in [-0.15, -0.1) is 4.59 Å². The number of carboxylic acids is 1. The van der Waals surface area contributed by atoms with Gasteiger partial charge in [-0.3, -0.25) is 14.6 Å². The van der Waals surface area contributed by atoms with E-state index in [-0.39, 0.29) is 0 Å². The molecule has 2 heterocycles. The van der Waals surface area contributed by atoms with Gasteiger partial charge in [-0.25, -0.2) is 9.59 Å². The Labute approximate surface area is 190 Å². The lowest BCUT2D eigenvalue weighted by molar-refractivity contribution is -0.952. The maximum Gasteiger partial charge on any atom is 0.371 e. The van der Waals surface area contributed by atoms with Crippen molar-refractivity contribution in [3.63, 3.8) is 0 Å². The van der Waals surface area contributed by atoms with E-state index in [1.807, 2.05) is 0 Å². The van der Waals surface area contributed by atoms with Gasteiger partial charge in [0, 0.05) is 18.0 Å². The van der Waals surface area contributed by atoms with Gasteiger partial charge in [-0.1, -0.05) is 29.3 Å². The maximum absolute atomic E-state index is 13.7. The number of benzene rings is 1. The number of nitrogens with zero attached hydrogens (tertiary/aromatic N) is 4. The number of rotatable bonds is 7. The van der Waals surface area contributed by atoms with Crippen molar-refractivity contribution in [3.8, 4) is 0 Å². The van der Waals surface area contributed by atoms with Crippen molar-refractivity contribution >= 4 is 30.0 Å². The predicted octanol–water partition coefficient (Wildman–Crippen LogP) is 1.27. The summed E-state index contributed by atoms with van der Waals surface area (Å²) >= 11 is 0. The van der Waals surface area contributed by atoms with E-state index in [9.17, 15) is 24.3 Å². The molecule has 0 spiro atoms. The molecular weight excluding hydrogens is 428 g/mol. The molecule has 172 valence electrons. The van der Waals surface area contributed by atoms with E-state index in [0.29, 0.717) is 16.7 Å². The van der Waals surface area contributed by atoms with Crippen LogP contribution in [-0.2, 0) is 19.9 Å². The molecule has 11 heteroatoms. The molecule has 0 bridgehead atoms. The molecule has 1 aromatic carbocycles. The summed E-state index contributed by atoms with van der Waals surface area (Å²) in [4.78, 5) is 55.5. The molecule has 1 aliphatic heterocycles. The van der Waals surface area contributed by atoms with Crippen LogP contribution in [0, 0.1) is 0 Å². The van der Waals surface area contributed by atoms with Crippen LogP contribution in [0.1, 0.15) is 43.0 Å². The number of nitrogens with one attached hydrogen (secondary N) is 1. The Morgan fingerprint density at radius 3 is 2.48 bits per heavy atom. The minimum atomic E-state index is -1.48. The summed E-state index contributed by atoms with van der Waals surface area (Å²) in [7, 11) is 1.35. The Hall–Kier alpha value is -4.12. The number of carbonyl (C=O) groups is 4. The molecule has 11 nitrogen and oxygen atoms in total. The standard InChI is InChI=1S/C22H24N6O5/c1-14(29)28(3,18(11-19(30)31)16-5-4-10-24-13-16)27-20(32)22(2,26-21(27)33)17-8-6-15(7-9-17)12-25-23/h4-10,12-13,18H,11,23H2,1-3H3,(H-,26,30,31,33)/p+1/t18-,22+,28-/m0/s1. The SMILES string of the molecule is CC(=O)[N@@+](C)([C@@H](CC(=O)O)c1cccnc1)N1C(=O)N[C@](C)(c2ccc(C=NN)cc2)C1=O. The van der Waals surface area contributed by atoms with Crippen LogP contribution in [0.25, 0.3) is 0 Å². The molecule has 1 aliphatic rings. The first-order chi connectivity index (χ1) is 15.6. The minimum absolute atomic E-state index is 0.400. The molecule has 2 aromatic rings. The van der Waals surface area contributed by atoms with Crippen molar-refractivity contribution in [1.82, 2.24) is 15.3 Å². The molecule has 0 radical (unpaired) electrons. The third-order valence-corrected chi connectivity index (χ3v) is 5.98. The highest BCUT2D eigenvalue weighted by Gasteiger charge is 2.61. The zero-order chi connectivity index (χ0) is 24.4. The third-order valence-electron chi connectivity index (χ3n) is 5.98. The number of pyridine rings is 1. The number of amides is 4. The van der Waals surface area contributed by atoms with E-state index in [0.717, 1.165) is 5.01 Å². The van der Waals surface area contributed by atoms with Gasteiger partial charge in [0.1, 0.15) is 19.0 Å². The molecule has 1 saturated heterocycles. The fourth-order valence-electron chi connectivity index (χ4n) is 4.01. The van der Waals surface area contributed by atoms with Gasteiger partial charge in [-0.05, 0) is 30.2 Å². The number of hydrazone groups is 1. The average Bonchev–Trinajstić information content (AvgIpc) is 3.02. The Morgan fingerprint density at radius 1 is 1.30 bits per heavy atom. The summed E-state index contributed by atoms with van der Waals surface area (Å²) in [5.41, 5.74) is 0.0922. The van der Waals surface area contributed by atoms with E-state index in [1.54, 1.807) is 36.4 Å². The van der Waals surface area contributed by atoms with Crippen LogP contribution in [0.5, 0.6) is 0 Å². The smallest absolute Gasteiger partial charge is 0.371 e. The van der Waals surface area contributed by atoms with Gasteiger partial charge in [0.25, 0.3) is 0 Å². The van der Waals surface area contributed by atoms with E-state index < -0.39 is 46.4 Å². The summed E-state index contributed by atoms with van der Waals surface area (Å²) in [6.45, 7) is 2.74. The highest BCUT2D eigenvalue weighted by Crippen LogP contribution is 2.38. The second-order valence-electron chi connectivity index (χ2n) is 8.02. The van der Waals surface area contributed by atoms with Gasteiger partial charge in [-0.2, -0.15) is 5.10 Å². The van der Waals surface area contributed by atoms with Crippen LogP contribution < -0.4 is 11.2 Å². The van der Waals surface area contributed by atoms with Gasteiger partial charge in [0.15, 0.2) is 6.04 Å². The van der Waals surface area contributed by atoms with E-state index in [4.69, 9.17) is 5.84 Å². The molecule has 0 unspecified atom stereocenters. The van der Waals surface area contributed by atoms with Crippen molar-refractivity contribution < 1.29 is 28.9 Å². The Bertz CT molecular complexity index is 1120. The summed E-state index contributed by atoms with van der Waals surface area (Å²) in [6.07, 6.45) is 3.84. The molecule has 3 atom stereocenters. The van der Waals surface area contributed by atoms with Crippen LogP contribution in [0.3, 0.4) is 0 Å². The van der Waals surface area contributed by atoms with E-state index >= 15 is 0 Å². The monoisotopic (exact) mass is 453 g/mol. The van der Waals surface area contributed by atoms with Gasteiger partial charge in [0.2, 0.25) is 0 Å². The Kier molecular flexibility index (Phi) is 6.27. The summed E-state index contributed by atoms with van der Waals surface area (Å²) in [6, 6.07) is 7.97. The number of hydrogen-bond donors (Lipinski definition) is 3. The van der Waals surface area contributed by atoms with Crippen molar-refractivity contribution in [2.24, 2.45) is 10.9 Å². The van der Waals surface area contributed by atoms with Crippen molar-refractivity contribution in [1.29, 1.82) is 0 Å². The highest BCUT2D eigenvalue weighted by molar-refractivity contribution is 6.06. The maximum atomic E-state index is 13.7. The number of urea groups is 1. The lowest BCUT2D eigenvalue weighted by Crippen LogP contribution is -2.64. The molecule has 33 heavy (non-hydrogen) atoms. The number of aromatic nitrogens is 1. The molecule has 1 fully saturated rings. The first-order valence-corrected chi connectivity index (χ1v) is 10.1. The second-order valence-corrected chi connectivity index (χ2v) is 8.02. The van der Waals surface area contributed by atoms with Gasteiger partial charge >= 0.3 is 23.8 Å². The molecule has 4 N–H and O–H groups in total. The minimum Gasteiger partial charge on any atom is -0.481 e. The first kappa shape index (κ1) is 23.5. The van der Waals surface area contributed by atoms with Crippen LogP contribution in [-0.4, -0.2) is 56.8 Å². The largest absolute Gasteiger partial charge is 0.481 e. The second kappa shape index (κ2) is 8.79. The van der Waals surface area contributed by atoms with Crippen LogP contribution in [0.4, 0.5) is 4.79 Å². The normalized spacial score (nSPS) is 21.0. The van der Waals surface area contributed by atoms with E-state index in [2.05, 4.69) is 15.4 Å². The topological polar surface area (TPSA) is 155 Å². The number of hydrogen-bond acceptors (Lipinski definition) is 7. The Morgan fingerprint density at radius 2 is 1.97 bits per heavy atom. The summed E-state index contributed by atoms with van der Waals surface area (Å²) in [5, 5.41) is 16.5. The van der Waals surface area contributed by atoms with E-state index in [1.165, 1.54) is 39.5 Å². The molecule has 0 saturated carbocycles. The Balaban J connectivity index is 2.10. The number of carbonyl (C=O) groups excluding carboxylic acids is 3. The number of nitrogens with two attached hydrogens (primary N) is 1. The molecule has 1 aromatic heterocycles. The molecule has 4 amide bonds. The molecular formula is C22H25N6O5+. The lowest BCUT2D eigenvalue weighted by atomic mass is 9.91. The third kappa shape index (κ3) is 4.05. The predicted molar refractivity (Wildman–Crippen MR) is 117 cm³/mol. The molecule has 0 aliphatic carbocycles. The fraction of sp³-hybridized carbons (Fsp3) is 0.273. The quantitative estimate of drug-likeness (QED) is 0.187. The summed E-state index contributed by atoms with van der Waals surface area (Å²) < 4.78 is -0.893. The average molecular weight is 453 g/mol. The summed E-state index contributed by atoms with van der Waals surface area (Å²) in [5.74, 6) is 2.69. The van der Waals surface area contributed by atoms with Crippen LogP contribution in [0.2, 0.25) is 0 Å². The van der Waals surface area contributed by atoms with Gasteiger partial charge < -0.3 is 16.3 Å². The van der Waals surface area contributed by atoms with Crippen LogP contribution >= 0.6 is 0 Å². The van der Waals surface area contributed by atoms with Crippen molar-refractivity contribution in [3.05, 3.63) is 65.5 Å². The zero-order valence-corrected chi connectivity index (χ0v) is 18.4. The van der Waals surface area contributed by atoms with Crippen LogP contribution in [0.15, 0.2) is 53.9 Å². The number of aliphatic carboxylic acids is 1. The van der Waals surface area contributed by atoms with Crippen molar-refractivity contribution in [2.75, 3.05) is 7.05 Å². The number of carboxylic acid groups (broad SMARTS) is 1. The van der Waals surface area contributed by atoms with Gasteiger partial charge in [0.05, 0.1) is 13.1 Å². The number of quaternary nitrogens is 1. The molecule has 3 rings (SSSR count). The lowest BCUT2D eigenvalue weighted by Gasteiger charge is -2.41. The number of imide groups is 1.